The number of aromatic nitrogens is 3. The largest absolute Gasteiger partial charge is 0.479 e. The fraction of sp³-hybridized carbons (Fsp3) is 0.346. The number of carbonyl (C=O) groups is 1. The smallest absolute Gasteiger partial charge is 0.332 e. The number of nitrogens with zero attached hydrogens (tertiary/aromatic N) is 3. The maximum atomic E-state index is 14.4. The summed E-state index contributed by atoms with van der Waals surface area (Å²) in [7, 11) is 0. The topological polar surface area (TPSA) is 104 Å². The van der Waals surface area contributed by atoms with Gasteiger partial charge in [-0.25, -0.2) is 13.6 Å². The average molecular weight is 478 g/mol. The van der Waals surface area contributed by atoms with Crippen LogP contribution in [0.25, 0.3) is 27.5 Å². The van der Waals surface area contributed by atoms with Crippen LogP contribution in [-0.4, -0.2) is 38.6 Å². The number of H-pyrrole nitrogens is 1. The van der Waals surface area contributed by atoms with E-state index in [1.807, 2.05) is 30.5 Å². The highest BCUT2D eigenvalue weighted by Gasteiger charge is 2.37. The molecule has 1 fully saturated rings. The molecule has 3 heterocycles. The number of nitriles is 1. The molecular weight excluding hydrogens is 454 g/mol. The Kier molecular flexibility index (Phi) is 5.56. The Bertz CT molecular complexity index is 1490. The van der Waals surface area contributed by atoms with Crippen molar-refractivity contribution in [2.45, 2.75) is 50.5 Å². The van der Waals surface area contributed by atoms with E-state index in [1.54, 1.807) is 6.20 Å². The number of ether oxygens (including phenoxy) is 1. The molecular formula is C26H24F2N4O3. The molecule has 9 heteroatoms. The van der Waals surface area contributed by atoms with Crippen LogP contribution >= 0.6 is 0 Å². The van der Waals surface area contributed by atoms with Gasteiger partial charge >= 0.3 is 5.97 Å². The Morgan fingerprint density at radius 2 is 2.09 bits per heavy atom. The third-order valence-corrected chi connectivity index (χ3v) is 6.85. The molecule has 2 N–H and O–H groups in total. The first-order valence-corrected chi connectivity index (χ1v) is 11.4. The third-order valence-electron chi connectivity index (χ3n) is 6.85. The zero-order valence-electron chi connectivity index (χ0n) is 19.3. The predicted molar refractivity (Wildman–Crippen MR) is 125 cm³/mol. The van der Waals surface area contributed by atoms with E-state index in [9.17, 15) is 23.9 Å². The molecule has 0 saturated carbocycles. The van der Waals surface area contributed by atoms with Crippen molar-refractivity contribution < 1.29 is 23.4 Å². The number of hydrogen-bond donors (Lipinski definition) is 2. The van der Waals surface area contributed by atoms with E-state index in [-0.39, 0.29) is 18.9 Å². The van der Waals surface area contributed by atoms with Gasteiger partial charge in [-0.2, -0.15) is 10.4 Å². The average Bonchev–Trinajstić information content (AvgIpc) is 3.41. The molecule has 0 aliphatic carbocycles. The molecule has 180 valence electrons. The van der Waals surface area contributed by atoms with Crippen LogP contribution in [0.1, 0.15) is 50.3 Å². The fourth-order valence-electron chi connectivity index (χ4n) is 5.18. The molecule has 1 aliphatic rings. The van der Waals surface area contributed by atoms with Gasteiger partial charge < -0.3 is 14.4 Å². The molecule has 0 unspecified atom stereocenters. The highest BCUT2D eigenvalue weighted by molar-refractivity contribution is 5.99. The fourth-order valence-corrected chi connectivity index (χ4v) is 5.18. The second-order valence-corrected chi connectivity index (χ2v) is 9.68. The second-order valence-electron chi connectivity index (χ2n) is 9.68. The summed E-state index contributed by atoms with van der Waals surface area (Å²) in [5.74, 6) is -3.05. The molecule has 2 aromatic heterocycles. The van der Waals surface area contributed by atoms with Crippen molar-refractivity contribution in [3.63, 3.8) is 0 Å². The number of carboxylic acids is 1. The highest BCUT2D eigenvalue weighted by atomic mass is 19.2. The normalized spacial score (nSPS) is 18.7. The number of aromatic amines is 1. The Hall–Kier alpha value is -3.77. The van der Waals surface area contributed by atoms with E-state index in [1.165, 1.54) is 6.07 Å². The summed E-state index contributed by atoms with van der Waals surface area (Å²) in [6.45, 7) is 4.09. The summed E-state index contributed by atoms with van der Waals surface area (Å²) in [6.07, 6.45) is 1.94. The lowest BCUT2D eigenvalue weighted by atomic mass is 9.78. The zero-order valence-corrected chi connectivity index (χ0v) is 19.3. The van der Waals surface area contributed by atoms with Gasteiger partial charge in [-0.15, -0.1) is 0 Å². The predicted octanol–water partition coefficient (Wildman–Crippen LogP) is 5.32. The Labute approximate surface area is 199 Å². The monoisotopic (exact) mass is 478 g/mol. The van der Waals surface area contributed by atoms with Gasteiger partial charge in [0.05, 0.1) is 29.9 Å². The van der Waals surface area contributed by atoms with Crippen molar-refractivity contribution in [2.75, 3.05) is 6.61 Å². The second kappa shape index (κ2) is 8.47. The van der Waals surface area contributed by atoms with Crippen molar-refractivity contribution in [1.82, 2.24) is 14.8 Å². The van der Waals surface area contributed by atoms with Crippen LogP contribution in [0.3, 0.4) is 0 Å². The van der Waals surface area contributed by atoms with Crippen LogP contribution in [0.15, 0.2) is 36.5 Å². The van der Waals surface area contributed by atoms with Crippen LogP contribution in [0.2, 0.25) is 0 Å². The SMILES string of the molecule is CC(C)(CC#N)c1c([C@H]2CC[C@H](C(=O)O)OC2)c2cc3[nH]ncc3cc2n1-c1ccc(F)c(F)c1. The number of benzene rings is 2. The third kappa shape index (κ3) is 3.84. The first kappa shape index (κ1) is 23.0. The molecule has 5 rings (SSSR count). The first-order chi connectivity index (χ1) is 16.7. The molecule has 2 aromatic carbocycles. The van der Waals surface area contributed by atoms with Gasteiger partial charge in [0.1, 0.15) is 0 Å². The standard InChI is InChI=1S/C26H24F2N4O3/c1-26(2,7-8-29)24-23(14-3-6-22(25(33)34)35-13-14)17-11-20-15(12-30-31-20)9-21(17)32(24)16-4-5-18(27)19(28)10-16/h4-5,9-12,14,22H,3,6-7,13H2,1-2H3,(H,30,31)(H,33,34)/t14-,22+/m0/s1. The van der Waals surface area contributed by atoms with Crippen molar-refractivity contribution in [1.29, 1.82) is 5.26 Å². The molecule has 4 aromatic rings. The van der Waals surface area contributed by atoms with E-state index in [2.05, 4.69) is 16.3 Å². The summed E-state index contributed by atoms with van der Waals surface area (Å²) < 4.78 is 35.8. The maximum Gasteiger partial charge on any atom is 0.332 e. The minimum atomic E-state index is -0.989. The van der Waals surface area contributed by atoms with Crippen LogP contribution in [0.5, 0.6) is 0 Å². The summed E-state index contributed by atoms with van der Waals surface area (Å²) >= 11 is 0. The molecule has 0 amide bonds. The molecule has 35 heavy (non-hydrogen) atoms. The van der Waals surface area contributed by atoms with Gasteiger partial charge in [0.15, 0.2) is 17.7 Å². The van der Waals surface area contributed by atoms with E-state index in [4.69, 9.17) is 4.74 Å². The minimum absolute atomic E-state index is 0.145. The van der Waals surface area contributed by atoms with Gasteiger partial charge in [-0.05, 0) is 42.7 Å². The summed E-state index contributed by atoms with van der Waals surface area (Å²) in [5.41, 5.74) is 3.06. The number of aliphatic carboxylic acids is 1. The van der Waals surface area contributed by atoms with E-state index < -0.39 is 29.1 Å². The molecule has 2 atom stereocenters. The Morgan fingerprint density at radius 1 is 1.29 bits per heavy atom. The van der Waals surface area contributed by atoms with Crippen LogP contribution in [0, 0.1) is 23.0 Å². The summed E-state index contributed by atoms with van der Waals surface area (Å²) in [4.78, 5) is 11.4. The lowest BCUT2D eigenvalue weighted by Crippen LogP contribution is -2.32. The molecule has 0 spiro atoms. The molecule has 0 bridgehead atoms. The lowest BCUT2D eigenvalue weighted by molar-refractivity contribution is -0.153. The van der Waals surface area contributed by atoms with Crippen molar-refractivity contribution in [3.8, 4) is 11.8 Å². The van der Waals surface area contributed by atoms with Gasteiger partial charge in [0.25, 0.3) is 0 Å². The van der Waals surface area contributed by atoms with Crippen molar-refractivity contribution in [3.05, 3.63) is 59.4 Å². The van der Waals surface area contributed by atoms with Gasteiger partial charge in [-0.3, -0.25) is 5.10 Å². The Morgan fingerprint density at radius 3 is 2.74 bits per heavy atom. The molecule has 7 nitrogen and oxygen atoms in total. The molecule has 0 radical (unpaired) electrons. The lowest BCUT2D eigenvalue weighted by Gasteiger charge is -2.32. The Balaban J connectivity index is 1.84. The highest BCUT2D eigenvalue weighted by Crippen LogP contribution is 2.45. The van der Waals surface area contributed by atoms with Crippen LogP contribution < -0.4 is 0 Å². The number of halogens is 2. The van der Waals surface area contributed by atoms with Gasteiger partial charge in [0, 0.05) is 46.0 Å². The number of nitrogens with one attached hydrogen (secondary N) is 1. The number of rotatable bonds is 5. The summed E-state index contributed by atoms with van der Waals surface area (Å²) in [6, 6.07) is 9.93. The maximum absolute atomic E-state index is 14.4. The quantitative estimate of drug-likeness (QED) is 0.404. The zero-order chi connectivity index (χ0) is 24.9. The summed E-state index contributed by atoms with van der Waals surface area (Å²) in [5, 5.41) is 27.8. The number of fused-ring (bicyclic) bond motifs is 2. The van der Waals surface area contributed by atoms with E-state index >= 15 is 0 Å². The van der Waals surface area contributed by atoms with Crippen LogP contribution in [-0.2, 0) is 14.9 Å². The minimum Gasteiger partial charge on any atom is -0.479 e. The van der Waals surface area contributed by atoms with Gasteiger partial charge in [-0.1, -0.05) is 13.8 Å². The van der Waals surface area contributed by atoms with Crippen molar-refractivity contribution in [2.24, 2.45) is 0 Å². The van der Waals surface area contributed by atoms with E-state index in [0.29, 0.717) is 18.5 Å². The van der Waals surface area contributed by atoms with Crippen molar-refractivity contribution >= 4 is 27.8 Å². The number of hydrogen-bond acceptors (Lipinski definition) is 4. The number of carboxylic acid groups (broad SMARTS) is 1. The molecule has 1 aliphatic heterocycles. The molecule has 1 saturated heterocycles. The first-order valence-electron chi connectivity index (χ1n) is 11.4. The van der Waals surface area contributed by atoms with Gasteiger partial charge in [0.2, 0.25) is 0 Å². The van der Waals surface area contributed by atoms with Crippen LogP contribution in [0.4, 0.5) is 8.78 Å². The van der Waals surface area contributed by atoms with E-state index in [0.717, 1.165) is 45.2 Å².